The first-order chi connectivity index (χ1) is 27.1. The zero-order valence-electron chi connectivity index (χ0n) is 32.4. The Kier molecular flexibility index (Phi) is 13.8. The molecule has 18 nitrogen and oxygen atoms in total. The number of amides is 2. The van der Waals surface area contributed by atoms with Gasteiger partial charge < -0.3 is 41.2 Å². The van der Waals surface area contributed by atoms with E-state index in [9.17, 15) is 14.7 Å². The van der Waals surface area contributed by atoms with Crippen LogP contribution in [0.1, 0.15) is 47.1 Å². The zero-order valence-corrected chi connectivity index (χ0v) is 33.2. The average Bonchev–Trinajstić information content (AvgIpc) is 3.10. The molecule has 0 unspecified atom stereocenters. The van der Waals surface area contributed by atoms with Crippen LogP contribution in [0.15, 0.2) is 72.8 Å². The number of nitrogens with zero attached hydrogens (tertiary/aromatic N) is 6. The van der Waals surface area contributed by atoms with E-state index >= 15 is 0 Å². The largest absolute Gasteiger partial charge is 0.444 e. The van der Waals surface area contributed by atoms with E-state index < -0.39 is 23.4 Å². The molecule has 0 atom stereocenters. The van der Waals surface area contributed by atoms with Crippen molar-refractivity contribution in [2.45, 2.75) is 59.2 Å². The summed E-state index contributed by atoms with van der Waals surface area (Å²) in [6, 6.07) is 21.7. The SMILES string of the molecule is CC(C)(C)OC(=O)Nc1cccc(Nc2nc(NCCO)nc(NCCc3ccc(Nc4nc(Cl)nc(Nc5cccc(NC(=O)OC(C)(C)C)c5)n4)cc3)n2)c1. The Labute approximate surface area is 335 Å². The third kappa shape index (κ3) is 14.6. The van der Waals surface area contributed by atoms with E-state index in [2.05, 4.69) is 67.1 Å². The van der Waals surface area contributed by atoms with Crippen molar-refractivity contribution in [3.8, 4) is 0 Å². The van der Waals surface area contributed by atoms with Gasteiger partial charge in [-0.25, -0.2) is 9.59 Å². The molecule has 0 aliphatic heterocycles. The molecule has 0 radical (unpaired) electrons. The molecule has 5 rings (SSSR count). The Bertz CT molecular complexity index is 2140. The molecule has 3 aromatic carbocycles. The lowest BCUT2D eigenvalue weighted by Gasteiger charge is -2.19. The maximum atomic E-state index is 12.3. The normalized spacial score (nSPS) is 11.2. The summed E-state index contributed by atoms with van der Waals surface area (Å²) in [4.78, 5) is 50.6. The fraction of sp³-hybridized carbons (Fsp3) is 0.316. The smallest absolute Gasteiger partial charge is 0.412 e. The Hall–Kier alpha value is -6.53. The molecule has 5 aromatic rings. The molecule has 0 spiro atoms. The van der Waals surface area contributed by atoms with Crippen LogP contribution in [0.4, 0.5) is 67.8 Å². The highest BCUT2D eigenvalue weighted by atomic mass is 35.5. The van der Waals surface area contributed by atoms with E-state index in [1.165, 1.54) is 0 Å². The number of nitrogens with one attached hydrogen (secondary N) is 7. The number of benzene rings is 3. The number of aliphatic hydroxyl groups excluding tert-OH is 1. The lowest BCUT2D eigenvalue weighted by Crippen LogP contribution is -2.27. The molecular formula is C38H46ClN13O5. The van der Waals surface area contributed by atoms with Gasteiger partial charge in [0.2, 0.25) is 35.0 Å². The first kappa shape index (κ1) is 41.6. The van der Waals surface area contributed by atoms with E-state index in [4.69, 9.17) is 21.1 Å². The van der Waals surface area contributed by atoms with Crippen molar-refractivity contribution in [3.05, 3.63) is 83.6 Å². The topological polar surface area (TPSA) is 234 Å². The highest BCUT2D eigenvalue weighted by Gasteiger charge is 2.18. The second-order valence-corrected chi connectivity index (χ2v) is 14.7. The van der Waals surface area contributed by atoms with Crippen molar-refractivity contribution >= 4 is 82.0 Å². The average molecular weight is 800 g/mol. The van der Waals surface area contributed by atoms with E-state index in [0.717, 1.165) is 11.3 Å². The van der Waals surface area contributed by atoms with E-state index in [-0.39, 0.29) is 42.2 Å². The summed E-state index contributed by atoms with van der Waals surface area (Å²) in [7, 11) is 0. The van der Waals surface area contributed by atoms with Gasteiger partial charge in [0.1, 0.15) is 11.2 Å². The quantitative estimate of drug-likeness (QED) is 0.0507. The van der Waals surface area contributed by atoms with Crippen LogP contribution in [0.25, 0.3) is 0 Å². The van der Waals surface area contributed by atoms with Crippen LogP contribution >= 0.6 is 11.6 Å². The molecular weight excluding hydrogens is 754 g/mol. The predicted octanol–water partition coefficient (Wildman–Crippen LogP) is 7.69. The van der Waals surface area contributed by atoms with E-state index in [0.29, 0.717) is 41.7 Å². The lowest BCUT2D eigenvalue weighted by atomic mass is 10.1. The monoisotopic (exact) mass is 799 g/mol. The third-order valence-electron chi connectivity index (χ3n) is 7.07. The number of hydrogen-bond donors (Lipinski definition) is 8. The lowest BCUT2D eigenvalue weighted by molar-refractivity contribution is 0.0624. The predicted molar refractivity (Wildman–Crippen MR) is 221 cm³/mol. The van der Waals surface area contributed by atoms with E-state index in [1.807, 2.05) is 24.3 Å². The van der Waals surface area contributed by atoms with Gasteiger partial charge in [0, 0.05) is 41.5 Å². The molecule has 0 aliphatic carbocycles. The molecule has 2 amide bonds. The zero-order chi connectivity index (χ0) is 41.0. The van der Waals surface area contributed by atoms with Crippen molar-refractivity contribution < 1.29 is 24.2 Å². The van der Waals surface area contributed by atoms with Gasteiger partial charge in [0.25, 0.3) is 0 Å². The molecule has 2 heterocycles. The van der Waals surface area contributed by atoms with Crippen molar-refractivity contribution in [1.29, 1.82) is 0 Å². The van der Waals surface area contributed by atoms with Crippen molar-refractivity contribution in [2.24, 2.45) is 0 Å². The van der Waals surface area contributed by atoms with Gasteiger partial charge in [-0.2, -0.15) is 29.9 Å². The number of carbonyl (C=O) groups excluding carboxylic acids is 2. The summed E-state index contributed by atoms with van der Waals surface area (Å²) >= 11 is 6.23. The Balaban J connectivity index is 1.17. The molecule has 0 fully saturated rings. The van der Waals surface area contributed by atoms with Crippen LogP contribution < -0.4 is 37.2 Å². The summed E-state index contributed by atoms with van der Waals surface area (Å²) < 4.78 is 10.7. The number of halogens is 1. The minimum Gasteiger partial charge on any atom is -0.444 e. The number of aliphatic hydroxyl groups is 1. The number of ether oxygens (including phenoxy) is 2. The Morgan fingerprint density at radius 3 is 1.49 bits per heavy atom. The molecule has 0 saturated carbocycles. The van der Waals surface area contributed by atoms with Crippen LogP contribution in [0, 0.1) is 0 Å². The number of aromatic nitrogens is 6. The highest BCUT2D eigenvalue weighted by Crippen LogP contribution is 2.23. The second kappa shape index (κ2) is 18.9. The first-order valence-corrected chi connectivity index (χ1v) is 18.3. The van der Waals surface area contributed by atoms with Gasteiger partial charge >= 0.3 is 12.2 Å². The van der Waals surface area contributed by atoms with Gasteiger partial charge in [-0.15, -0.1) is 0 Å². The second-order valence-electron chi connectivity index (χ2n) is 14.4. The van der Waals surface area contributed by atoms with Gasteiger partial charge in [-0.05, 0) is 114 Å². The molecule has 300 valence electrons. The van der Waals surface area contributed by atoms with Gasteiger partial charge in [0.15, 0.2) is 0 Å². The minimum atomic E-state index is -0.635. The fourth-order valence-corrected chi connectivity index (χ4v) is 5.03. The van der Waals surface area contributed by atoms with Crippen LogP contribution in [-0.2, 0) is 15.9 Å². The van der Waals surface area contributed by atoms with Crippen molar-refractivity contribution in [2.75, 3.05) is 56.9 Å². The molecule has 19 heteroatoms. The number of carbonyl (C=O) groups is 2. The molecule has 0 aliphatic rings. The molecule has 0 saturated heterocycles. The van der Waals surface area contributed by atoms with Crippen LogP contribution in [0.5, 0.6) is 0 Å². The maximum absolute atomic E-state index is 12.3. The molecule has 57 heavy (non-hydrogen) atoms. The summed E-state index contributed by atoms with van der Waals surface area (Å²) in [6.45, 7) is 11.4. The van der Waals surface area contributed by atoms with Crippen molar-refractivity contribution in [1.82, 2.24) is 29.9 Å². The molecule has 8 N–H and O–H groups in total. The van der Waals surface area contributed by atoms with Gasteiger partial charge in [0.05, 0.1) is 6.61 Å². The molecule has 0 bridgehead atoms. The Morgan fingerprint density at radius 2 is 1.00 bits per heavy atom. The van der Waals surface area contributed by atoms with Gasteiger partial charge in [-0.3, -0.25) is 10.6 Å². The number of hydrogen-bond acceptors (Lipinski definition) is 16. The fourth-order valence-electron chi connectivity index (χ4n) is 4.87. The standard InChI is InChI=1S/C38H46ClN13O5/c1-37(2,3)56-35(54)45-27-11-7-9-25(21-27)43-33-48-29(39)47-32(52-33)42-24-15-13-23(14-16-24)17-18-40-30-49-31(41-19-20-53)51-34(50-30)44-26-10-8-12-28(22-26)46-36(55)57-38(4,5)6/h7-16,21-22,53H,17-20H2,1-6H3,(H,45,54)(H,46,55)(H2,42,43,47,48,52)(H3,40,41,44,49,50,51). The summed E-state index contributed by atoms with van der Waals surface area (Å²) in [5, 5.41) is 30.3. The maximum Gasteiger partial charge on any atom is 0.412 e. The van der Waals surface area contributed by atoms with Gasteiger partial charge in [-0.1, -0.05) is 24.3 Å². The van der Waals surface area contributed by atoms with Crippen LogP contribution in [0.3, 0.4) is 0 Å². The number of rotatable bonds is 15. The van der Waals surface area contributed by atoms with Crippen LogP contribution in [0.2, 0.25) is 5.28 Å². The molecule has 2 aromatic heterocycles. The Morgan fingerprint density at radius 1 is 0.579 bits per heavy atom. The third-order valence-corrected chi connectivity index (χ3v) is 7.24. The minimum absolute atomic E-state index is 0.0177. The van der Waals surface area contributed by atoms with Crippen molar-refractivity contribution in [3.63, 3.8) is 0 Å². The summed E-state index contributed by atoms with van der Waals surface area (Å²) in [5.41, 5.74) is 2.76. The number of anilines is 10. The van der Waals surface area contributed by atoms with Crippen LogP contribution in [-0.4, -0.2) is 78.1 Å². The highest BCUT2D eigenvalue weighted by molar-refractivity contribution is 6.28. The first-order valence-electron chi connectivity index (χ1n) is 17.9. The van der Waals surface area contributed by atoms with E-state index in [1.54, 1.807) is 90.1 Å². The summed E-state index contributed by atoms with van der Waals surface area (Å²) in [5.74, 6) is 1.26. The summed E-state index contributed by atoms with van der Waals surface area (Å²) in [6.07, 6.45) is -0.502.